The molecule has 19 heavy (non-hydrogen) atoms. The van der Waals surface area contributed by atoms with Gasteiger partial charge < -0.3 is 10.6 Å². The first kappa shape index (κ1) is 16.7. The van der Waals surface area contributed by atoms with Crippen molar-refractivity contribution in [2.45, 2.75) is 12.5 Å². The molecule has 1 aromatic carbocycles. The Kier molecular flexibility index (Phi) is 7.06. The van der Waals surface area contributed by atoms with Gasteiger partial charge in [-0.05, 0) is 60.8 Å². The average molecular weight is 396 g/mol. The molecule has 1 fully saturated rings. The van der Waals surface area contributed by atoms with Crippen molar-refractivity contribution < 1.29 is 4.79 Å². The minimum absolute atomic E-state index is 0. The van der Waals surface area contributed by atoms with Gasteiger partial charge in [0.15, 0.2) is 0 Å². The number of likely N-dealkylation sites (N-methyl/N-ethyl adjacent to an activating group) is 1. The number of anilines is 1. The quantitative estimate of drug-likeness (QED) is 0.766. The van der Waals surface area contributed by atoms with Gasteiger partial charge in [-0.25, -0.2) is 0 Å². The van der Waals surface area contributed by atoms with Gasteiger partial charge in [-0.15, -0.1) is 12.4 Å². The Bertz CT molecular complexity index is 424. The molecule has 2 rings (SSSR count). The molecular formula is C13H19ClIN3O. The van der Waals surface area contributed by atoms with Gasteiger partial charge in [-0.1, -0.05) is 6.07 Å². The van der Waals surface area contributed by atoms with E-state index in [4.69, 9.17) is 0 Å². The van der Waals surface area contributed by atoms with Crippen LogP contribution in [-0.4, -0.2) is 43.5 Å². The Balaban J connectivity index is 0.00000180. The number of hydrogen-bond donors (Lipinski definition) is 2. The van der Waals surface area contributed by atoms with Crippen LogP contribution in [0.2, 0.25) is 0 Å². The lowest BCUT2D eigenvalue weighted by atomic mass is 10.2. The Morgan fingerprint density at radius 1 is 1.58 bits per heavy atom. The van der Waals surface area contributed by atoms with Crippen molar-refractivity contribution in [3.63, 3.8) is 0 Å². The summed E-state index contributed by atoms with van der Waals surface area (Å²) in [5.74, 6) is 0.0476. The molecule has 0 spiro atoms. The lowest BCUT2D eigenvalue weighted by molar-refractivity contribution is -0.117. The SMILES string of the molecule is CN(CC(=O)Nc1cccc(I)c1)C1CCNC1.Cl. The van der Waals surface area contributed by atoms with E-state index in [0.29, 0.717) is 12.6 Å². The summed E-state index contributed by atoms with van der Waals surface area (Å²) in [5, 5.41) is 6.24. The number of carbonyl (C=O) groups is 1. The lowest BCUT2D eigenvalue weighted by Crippen LogP contribution is -2.39. The zero-order valence-electron chi connectivity index (χ0n) is 10.9. The number of halogens is 2. The molecule has 1 unspecified atom stereocenters. The fourth-order valence-corrected chi connectivity index (χ4v) is 2.68. The molecule has 0 aliphatic carbocycles. The van der Waals surface area contributed by atoms with Crippen LogP contribution < -0.4 is 10.6 Å². The third kappa shape index (κ3) is 5.25. The predicted octanol–water partition coefficient (Wildman–Crippen LogP) is 1.95. The molecule has 1 amide bonds. The second-order valence-electron chi connectivity index (χ2n) is 4.62. The molecule has 0 saturated carbocycles. The number of carbonyl (C=O) groups excluding carboxylic acids is 1. The molecule has 4 nitrogen and oxygen atoms in total. The van der Waals surface area contributed by atoms with Crippen molar-refractivity contribution in [3.8, 4) is 0 Å². The maximum atomic E-state index is 11.9. The highest BCUT2D eigenvalue weighted by molar-refractivity contribution is 14.1. The van der Waals surface area contributed by atoms with Crippen molar-refractivity contribution in [2.75, 3.05) is 32.0 Å². The largest absolute Gasteiger partial charge is 0.325 e. The number of nitrogens with one attached hydrogen (secondary N) is 2. The van der Waals surface area contributed by atoms with Crippen LogP contribution in [0.5, 0.6) is 0 Å². The summed E-state index contributed by atoms with van der Waals surface area (Å²) >= 11 is 2.24. The first-order chi connectivity index (χ1) is 8.65. The molecule has 1 heterocycles. The number of rotatable bonds is 4. The van der Waals surface area contributed by atoms with Crippen LogP contribution in [-0.2, 0) is 4.79 Å². The first-order valence-corrected chi connectivity index (χ1v) is 7.19. The van der Waals surface area contributed by atoms with Gasteiger partial charge in [0.25, 0.3) is 0 Å². The van der Waals surface area contributed by atoms with Gasteiger partial charge in [0, 0.05) is 21.8 Å². The fourth-order valence-electron chi connectivity index (χ4n) is 2.14. The Morgan fingerprint density at radius 3 is 3.00 bits per heavy atom. The second-order valence-corrected chi connectivity index (χ2v) is 5.87. The molecule has 1 aliphatic rings. The summed E-state index contributed by atoms with van der Waals surface area (Å²) in [7, 11) is 2.01. The highest BCUT2D eigenvalue weighted by Crippen LogP contribution is 2.12. The van der Waals surface area contributed by atoms with E-state index >= 15 is 0 Å². The Labute approximate surface area is 133 Å². The van der Waals surface area contributed by atoms with Crippen molar-refractivity contribution in [3.05, 3.63) is 27.8 Å². The summed E-state index contributed by atoms with van der Waals surface area (Å²) < 4.78 is 1.12. The van der Waals surface area contributed by atoms with Gasteiger partial charge >= 0.3 is 0 Å². The van der Waals surface area contributed by atoms with Gasteiger partial charge in [0.05, 0.1) is 6.54 Å². The Hall–Kier alpha value is -0.370. The number of benzene rings is 1. The molecular weight excluding hydrogens is 377 g/mol. The van der Waals surface area contributed by atoms with E-state index in [1.807, 2.05) is 31.3 Å². The van der Waals surface area contributed by atoms with Crippen molar-refractivity contribution in [1.82, 2.24) is 10.2 Å². The third-order valence-corrected chi connectivity index (χ3v) is 3.83. The molecule has 1 aromatic rings. The molecule has 1 saturated heterocycles. The normalized spacial score (nSPS) is 18.2. The summed E-state index contributed by atoms with van der Waals surface area (Å²) in [6.07, 6.45) is 1.12. The van der Waals surface area contributed by atoms with E-state index in [1.165, 1.54) is 0 Å². The van der Waals surface area contributed by atoms with Crippen LogP contribution in [0, 0.1) is 3.57 Å². The van der Waals surface area contributed by atoms with Crippen LogP contribution in [0.25, 0.3) is 0 Å². The second kappa shape index (κ2) is 8.04. The summed E-state index contributed by atoms with van der Waals surface area (Å²) in [4.78, 5) is 14.0. The van der Waals surface area contributed by atoms with E-state index in [-0.39, 0.29) is 18.3 Å². The van der Waals surface area contributed by atoms with Crippen molar-refractivity contribution in [1.29, 1.82) is 0 Å². The van der Waals surface area contributed by atoms with E-state index in [0.717, 1.165) is 28.8 Å². The van der Waals surface area contributed by atoms with Gasteiger partial charge in [-0.3, -0.25) is 9.69 Å². The van der Waals surface area contributed by atoms with E-state index < -0.39 is 0 Å². The molecule has 0 bridgehead atoms. The van der Waals surface area contributed by atoms with E-state index in [9.17, 15) is 4.79 Å². The zero-order chi connectivity index (χ0) is 13.0. The monoisotopic (exact) mass is 395 g/mol. The standard InChI is InChI=1S/C13H18IN3O.ClH/c1-17(12-5-6-15-8-12)9-13(18)16-11-4-2-3-10(14)7-11;/h2-4,7,12,15H,5-6,8-9H2,1H3,(H,16,18);1H. The van der Waals surface area contributed by atoms with Crippen LogP contribution >= 0.6 is 35.0 Å². The minimum Gasteiger partial charge on any atom is -0.325 e. The summed E-state index contributed by atoms with van der Waals surface area (Å²) in [5.41, 5.74) is 0.866. The van der Waals surface area contributed by atoms with Crippen molar-refractivity contribution >= 4 is 46.6 Å². The third-order valence-electron chi connectivity index (χ3n) is 3.16. The molecule has 6 heteroatoms. The molecule has 0 radical (unpaired) electrons. The zero-order valence-corrected chi connectivity index (χ0v) is 13.8. The van der Waals surface area contributed by atoms with Gasteiger partial charge in [0.1, 0.15) is 0 Å². The van der Waals surface area contributed by atoms with Crippen molar-refractivity contribution in [2.24, 2.45) is 0 Å². The average Bonchev–Trinajstić information content (AvgIpc) is 2.81. The molecule has 2 N–H and O–H groups in total. The smallest absolute Gasteiger partial charge is 0.238 e. The number of amides is 1. The maximum absolute atomic E-state index is 11.9. The van der Waals surface area contributed by atoms with E-state index in [2.05, 4.69) is 38.1 Å². The number of hydrogen-bond acceptors (Lipinski definition) is 3. The van der Waals surface area contributed by atoms with Crippen LogP contribution in [0.4, 0.5) is 5.69 Å². The number of nitrogens with zero attached hydrogens (tertiary/aromatic N) is 1. The fraction of sp³-hybridized carbons (Fsp3) is 0.462. The van der Waals surface area contributed by atoms with Crippen LogP contribution in [0.1, 0.15) is 6.42 Å². The van der Waals surface area contributed by atoms with Gasteiger partial charge in [0.2, 0.25) is 5.91 Å². The topological polar surface area (TPSA) is 44.4 Å². The Morgan fingerprint density at radius 2 is 2.37 bits per heavy atom. The highest BCUT2D eigenvalue weighted by Gasteiger charge is 2.20. The van der Waals surface area contributed by atoms with Crippen LogP contribution in [0.3, 0.4) is 0 Å². The molecule has 106 valence electrons. The van der Waals surface area contributed by atoms with Gasteiger partial charge in [-0.2, -0.15) is 0 Å². The minimum atomic E-state index is 0. The molecule has 1 atom stereocenters. The lowest BCUT2D eigenvalue weighted by Gasteiger charge is -2.22. The predicted molar refractivity (Wildman–Crippen MR) is 88.9 cm³/mol. The highest BCUT2D eigenvalue weighted by atomic mass is 127. The van der Waals surface area contributed by atoms with Crippen LogP contribution in [0.15, 0.2) is 24.3 Å². The molecule has 0 aromatic heterocycles. The summed E-state index contributed by atoms with van der Waals surface area (Å²) in [6, 6.07) is 8.31. The van der Waals surface area contributed by atoms with E-state index in [1.54, 1.807) is 0 Å². The molecule has 1 aliphatic heterocycles. The first-order valence-electron chi connectivity index (χ1n) is 6.11. The summed E-state index contributed by atoms with van der Waals surface area (Å²) in [6.45, 7) is 2.47. The maximum Gasteiger partial charge on any atom is 0.238 e.